The third kappa shape index (κ3) is 3.54. The first-order chi connectivity index (χ1) is 14.5. The molecule has 0 saturated heterocycles. The summed E-state index contributed by atoms with van der Waals surface area (Å²) in [6.07, 6.45) is 0. The van der Waals surface area contributed by atoms with E-state index in [1.165, 1.54) is 33.4 Å². The summed E-state index contributed by atoms with van der Waals surface area (Å²) in [6.45, 7) is 4.28. The van der Waals surface area contributed by atoms with Crippen molar-refractivity contribution in [2.75, 3.05) is 0 Å². The van der Waals surface area contributed by atoms with Crippen molar-refractivity contribution in [3.63, 3.8) is 0 Å². The molecule has 0 spiro atoms. The van der Waals surface area contributed by atoms with Gasteiger partial charge in [-0.1, -0.05) is 120 Å². The van der Waals surface area contributed by atoms with Gasteiger partial charge in [0.25, 0.3) is 0 Å². The molecule has 150 valence electrons. The van der Waals surface area contributed by atoms with Crippen molar-refractivity contribution in [3.05, 3.63) is 143 Å². The van der Waals surface area contributed by atoms with Crippen LogP contribution in [0, 0.1) is 13.8 Å². The molecule has 2 atom stereocenters. The first-order valence-corrected chi connectivity index (χ1v) is 11.4. The van der Waals surface area contributed by atoms with Gasteiger partial charge in [0.1, 0.15) is 0 Å². The Hall–Kier alpha value is -2.26. The van der Waals surface area contributed by atoms with Crippen LogP contribution in [0.25, 0.3) is 0 Å². The summed E-state index contributed by atoms with van der Waals surface area (Å²) in [5, 5.41) is 0. The van der Waals surface area contributed by atoms with E-state index in [0.29, 0.717) is 0 Å². The van der Waals surface area contributed by atoms with Crippen molar-refractivity contribution >= 4 is 18.5 Å². The Bertz CT molecular complexity index is 1060. The fourth-order valence-electron chi connectivity index (χ4n) is 4.44. The molecule has 0 heterocycles. The van der Waals surface area contributed by atoms with Crippen LogP contribution in [0.4, 0.5) is 0 Å². The minimum absolute atomic E-state index is 0.362. The van der Waals surface area contributed by atoms with E-state index in [2.05, 4.69) is 142 Å². The molecule has 2 heteroatoms. The van der Waals surface area contributed by atoms with Gasteiger partial charge in [-0.25, -0.2) is 0 Å². The van der Waals surface area contributed by atoms with Crippen molar-refractivity contribution in [1.29, 1.82) is 0 Å². The van der Waals surface area contributed by atoms with E-state index < -0.39 is 5.41 Å². The van der Waals surface area contributed by atoms with Crippen LogP contribution in [0.5, 0.6) is 0 Å². The fraction of sp³-hybridized carbons (Fsp3) is 0.143. The molecule has 0 aliphatic rings. The Morgan fingerprint density at radius 2 is 0.767 bits per heavy atom. The SMILES string of the molecule is Cc1ccc(C(P)(P)C(c2ccccc2)(c2ccccc2)c2ccc(C)cc2)cc1. The molecule has 2 unspecified atom stereocenters. The van der Waals surface area contributed by atoms with Gasteiger partial charge in [0.05, 0.1) is 5.41 Å². The number of rotatable bonds is 5. The maximum atomic E-state index is 3.19. The quantitative estimate of drug-likeness (QED) is 0.233. The molecule has 0 aliphatic carbocycles. The van der Waals surface area contributed by atoms with Crippen molar-refractivity contribution < 1.29 is 0 Å². The van der Waals surface area contributed by atoms with Gasteiger partial charge in [-0.3, -0.25) is 0 Å². The average Bonchev–Trinajstić information content (AvgIpc) is 2.77. The van der Waals surface area contributed by atoms with Crippen LogP contribution < -0.4 is 0 Å². The highest BCUT2D eigenvalue weighted by Gasteiger charge is 2.50. The second kappa shape index (κ2) is 8.47. The fourth-order valence-corrected chi connectivity index (χ4v) is 5.83. The molecular formula is C28H28P2. The van der Waals surface area contributed by atoms with E-state index in [-0.39, 0.29) is 4.90 Å². The Kier molecular flexibility index (Phi) is 5.92. The third-order valence-corrected chi connectivity index (χ3v) is 7.58. The predicted molar refractivity (Wildman–Crippen MR) is 136 cm³/mol. The zero-order valence-corrected chi connectivity index (χ0v) is 19.9. The summed E-state index contributed by atoms with van der Waals surface area (Å²) in [7, 11) is 6.37. The summed E-state index contributed by atoms with van der Waals surface area (Å²) in [4.78, 5) is -0.362. The van der Waals surface area contributed by atoms with Gasteiger partial charge in [-0.15, -0.1) is 18.5 Å². The Morgan fingerprint density at radius 3 is 1.17 bits per heavy atom. The van der Waals surface area contributed by atoms with Crippen LogP contribution >= 0.6 is 18.5 Å². The van der Waals surface area contributed by atoms with Crippen molar-refractivity contribution in [3.8, 4) is 0 Å². The average molecular weight is 426 g/mol. The van der Waals surface area contributed by atoms with E-state index in [4.69, 9.17) is 0 Å². The van der Waals surface area contributed by atoms with Crippen molar-refractivity contribution in [2.24, 2.45) is 0 Å². The Balaban J connectivity index is 2.12. The van der Waals surface area contributed by atoms with Gasteiger partial charge >= 0.3 is 0 Å². The second-order valence-corrected chi connectivity index (χ2v) is 10.6. The van der Waals surface area contributed by atoms with Crippen LogP contribution in [0.1, 0.15) is 33.4 Å². The number of hydrogen-bond donors (Lipinski definition) is 0. The molecule has 0 bridgehead atoms. The van der Waals surface area contributed by atoms with Gasteiger partial charge in [0, 0.05) is 4.90 Å². The molecule has 4 rings (SSSR count). The molecule has 0 amide bonds. The van der Waals surface area contributed by atoms with E-state index in [0.717, 1.165) is 0 Å². The van der Waals surface area contributed by atoms with Crippen molar-refractivity contribution in [1.82, 2.24) is 0 Å². The highest BCUT2D eigenvalue weighted by Crippen LogP contribution is 2.60. The number of aryl methyl sites for hydroxylation is 2. The Labute approximate surface area is 185 Å². The number of benzene rings is 4. The third-order valence-electron chi connectivity index (χ3n) is 6.05. The highest BCUT2D eigenvalue weighted by molar-refractivity contribution is 7.39. The van der Waals surface area contributed by atoms with Crippen LogP contribution in [-0.2, 0) is 10.3 Å². The molecule has 0 nitrogen and oxygen atoms in total. The summed E-state index contributed by atoms with van der Waals surface area (Å²) in [5.41, 5.74) is 7.20. The normalized spacial score (nSPS) is 12.0. The van der Waals surface area contributed by atoms with Gasteiger partial charge in [0.15, 0.2) is 0 Å². The monoisotopic (exact) mass is 426 g/mol. The molecule has 30 heavy (non-hydrogen) atoms. The maximum Gasteiger partial charge on any atom is 0.0616 e. The smallest absolute Gasteiger partial charge is 0.0616 e. The molecule has 4 aromatic carbocycles. The molecule has 0 fully saturated rings. The van der Waals surface area contributed by atoms with E-state index in [9.17, 15) is 0 Å². The summed E-state index contributed by atoms with van der Waals surface area (Å²) in [6, 6.07) is 39.7. The van der Waals surface area contributed by atoms with E-state index in [1.54, 1.807) is 0 Å². The predicted octanol–water partition coefficient (Wildman–Crippen LogP) is 7.24. The van der Waals surface area contributed by atoms with E-state index in [1.807, 2.05) is 0 Å². The molecular weight excluding hydrogens is 398 g/mol. The van der Waals surface area contributed by atoms with E-state index >= 15 is 0 Å². The standard InChI is InChI=1S/C28H28P2/c1-21-13-17-25(18-14-21)27(23-9-5-3-6-10-23,24-11-7-4-8-12-24)28(29,30)26-19-15-22(2)16-20-26/h3-20H,29-30H2,1-2H3. The maximum absolute atomic E-state index is 3.19. The van der Waals surface area contributed by atoms with Crippen LogP contribution in [0.2, 0.25) is 0 Å². The number of hydrogen-bond acceptors (Lipinski definition) is 0. The lowest BCUT2D eigenvalue weighted by Gasteiger charge is -2.48. The molecule has 0 aliphatic heterocycles. The zero-order chi connectivity index (χ0) is 21.2. The molecule has 0 saturated carbocycles. The molecule has 4 aromatic rings. The molecule has 0 N–H and O–H groups in total. The summed E-state index contributed by atoms with van der Waals surface area (Å²) >= 11 is 0. The van der Waals surface area contributed by atoms with Gasteiger partial charge in [-0.05, 0) is 36.1 Å². The summed E-state index contributed by atoms with van der Waals surface area (Å²) < 4.78 is 0. The zero-order valence-electron chi connectivity index (χ0n) is 17.5. The summed E-state index contributed by atoms with van der Waals surface area (Å²) in [5.74, 6) is 0. The van der Waals surface area contributed by atoms with Crippen LogP contribution in [0.15, 0.2) is 109 Å². The molecule has 0 aromatic heterocycles. The lowest BCUT2D eigenvalue weighted by atomic mass is 9.65. The first-order valence-electron chi connectivity index (χ1n) is 10.3. The topological polar surface area (TPSA) is 0 Å². The van der Waals surface area contributed by atoms with Gasteiger partial charge in [0.2, 0.25) is 0 Å². The van der Waals surface area contributed by atoms with Crippen molar-refractivity contribution in [2.45, 2.75) is 24.2 Å². The largest absolute Gasteiger partial charge is 0.121 e. The lowest BCUT2D eigenvalue weighted by Crippen LogP contribution is -2.43. The van der Waals surface area contributed by atoms with Gasteiger partial charge < -0.3 is 0 Å². The minimum atomic E-state index is -0.409. The lowest BCUT2D eigenvalue weighted by molar-refractivity contribution is 0.560. The highest BCUT2D eigenvalue weighted by atomic mass is 31.1. The second-order valence-electron chi connectivity index (χ2n) is 8.08. The Morgan fingerprint density at radius 1 is 0.433 bits per heavy atom. The van der Waals surface area contributed by atoms with Crippen LogP contribution in [0.3, 0.4) is 0 Å². The molecule has 0 radical (unpaired) electrons. The minimum Gasteiger partial charge on any atom is -0.121 e. The van der Waals surface area contributed by atoms with Gasteiger partial charge in [-0.2, -0.15) is 0 Å². The van der Waals surface area contributed by atoms with Crippen LogP contribution in [-0.4, -0.2) is 0 Å². The first kappa shape index (κ1) is 21.0.